The number of rotatable bonds is 3. The molecule has 1 aromatic carbocycles. The molecule has 0 saturated carbocycles. The number of likely N-dealkylation sites (N-methyl/N-ethyl adjacent to an activating group) is 1. The van der Waals surface area contributed by atoms with Crippen molar-refractivity contribution in [1.29, 1.82) is 0 Å². The van der Waals surface area contributed by atoms with E-state index in [-0.39, 0.29) is 11.3 Å². The van der Waals surface area contributed by atoms with Crippen molar-refractivity contribution >= 4 is 17.7 Å². The number of carbonyl (C=O) groups excluding carboxylic acids is 1. The van der Waals surface area contributed by atoms with E-state index in [0.717, 1.165) is 26.2 Å². The Kier molecular flexibility index (Phi) is 4.54. The minimum absolute atomic E-state index is 0.0704. The van der Waals surface area contributed by atoms with Crippen molar-refractivity contribution in [1.82, 2.24) is 15.3 Å². The molecule has 20 heavy (non-hydrogen) atoms. The van der Waals surface area contributed by atoms with Gasteiger partial charge in [0.1, 0.15) is 0 Å². The molecule has 0 spiro atoms. The maximum atomic E-state index is 11.9. The van der Waals surface area contributed by atoms with Crippen LogP contribution in [-0.4, -0.2) is 60.2 Å². The van der Waals surface area contributed by atoms with E-state index in [4.69, 9.17) is 5.11 Å². The fourth-order valence-electron chi connectivity index (χ4n) is 1.99. The molecule has 1 aliphatic rings. The van der Waals surface area contributed by atoms with Crippen LogP contribution in [0.4, 0.5) is 10.5 Å². The number of nitrogens with zero attached hydrogens (tertiary/aromatic N) is 2. The fraction of sp³-hybridized carbons (Fsp3) is 0.385. The second-order valence-corrected chi connectivity index (χ2v) is 4.71. The number of aromatic carboxylic acids is 1. The molecule has 1 saturated heterocycles. The summed E-state index contributed by atoms with van der Waals surface area (Å²) in [7, 11) is 2.03. The molecule has 0 aliphatic carbocycles. The number of urea groups is 1. The summed E-state index contributed by atoms with van der Waals surface area (Å²) in [6.45, 7) is 3.24. The van der Waals surface area contributed by atoms with Crippen molar-refractivity contribution in [2.24, 2.45) is 0 Å². The monoisotopic (exact) mass is 278 g/mol. The Balaban J connectivity index is 1.93. The summed E-state index contributed by atoms with van der Waals surface area (Å²) in [5.41, 5.74) is 3.07. The number of carbonyl (C=O) groups is 2. The van der Waals surface area contributed by atoms with Gasteiger partial charge in [0.25, 0.3) is 0 Å². The molecular formula is C13H18N4O3. The molecule has 108 valence electrons. The number of anilines is 1. The minimum atomic E-state index is -1.07. The fourth-order valence-corrected chi connectivity index (χ4v) is 1.99. The lowest BCUT2D eigenvalue weighted by atomic mass is 10.2. The van der Waals surface area contributed by atoms with Crippen molar-refractivity contribution < 1.29 is 14.7 Å². The first kappa shape index (κ1) is 14.3. The number of hydrazine groups is 1. The van der Waals surface area contributed by atoms with E-state index in [1.165, 1.54) is 6.07 Å². The SMILES string of the molecule is CN1CCN(NC(=O)Nc2ccccc2C(=O)O)CC1. The molecule has 7 heteroatoms. The number of amides is 2. The van der Waals surface area contributed by atoms with Crippen LogP contribution < -0.4 is 10.7 Å². The molecule has 1 aromatic rings. The van der Waals surface area contributed by atoms with E-state index in [1.807, 2.05) is 12.1 Å². The Bertz CT molecular complexity index is 498. The van der Waals surface area contributed by atoms with Gasteiger partial charge in [0.05, 0.1) is 11.3 Å². The van der Waals surface area contributed by atoms with Gasteiger partial charge in [0, 0.05) is 26.2 Å². The summed E-state index contributed by atoms with van der Waals surface area (Å²) >= 11 is 0. The molecule has 7 nitrogen and oxygen atoms in total. The number of nitrogens with one attached hydrogen (secondary N) is 2. The lowest BCUT2D eigenvalue weighted by Crippen LogP contribution is -2.53. The van der Waals surface area contributed by atoms with E-state index in [1.54, 1.807) is 18.2 Å². The molecule has 2 amide bonds. The number of hydrogen-bond donors (Lipinski definition) is 3. The summed E-state index contributed by atoms with van der Waals surface area (Å²) < 4.78 is 0. The highest BCUT2D eigenvalue weighted by atomic mass is 16.4. The first-order valence-corrected chi connectivity index (χ1v) is 6.39. The molecule has 1 aliphatic heterocycles. The summed E-state index contributed by atoms with van der Waals surface area (Å²) in [5.74, 6) is -1.07. The second-order valence-electron chi connectivity index (χ2n) is 4.71. The third kappa shape index (κ3) is 3.69. The Labute approximate surface area is 117 Å². The Hall–Kier alpha value is -2.12. The van der Waals surface area contributed by atoms with Gasteiger partial charge in [-0.05, 0) is 19.2 Å². The van der Waals surface area contributed by atoms with E-state index in [2.05, 4.69) is 15.6 Å². The van der Waals surface area contributed by atoms with Crippen LogP contribution in [0, 0.1) is 0 Å². The van der Waals surface area contributed by atoms with Crippen LogP contribution in [0.1, 0.15) is 10.4 Å². The average Bonchev–Trinajstić information content (AvgIpc) is 2.41. The van der Waals surface area contributed by atoms with E-state index in [9.17, 15) is 9.59 Å². The standard InChI is InChI=1S/C13H18N4O3/c1-16-6-8-17(9-7-16)15-13(20)14-11-5-3-2-4-10(11)12(18)19/h2-5H,6-9H2,1H3,(H,18,19)(H2,14,15,20). The third-order valence-corrected chi connectivity index (χ3v) is 3.17. The van der Waals surface area contributed by atoms with Crippen molar-refractivity contribution in [2.45, 2.75) is 0 Å². The van der Waals surface area contributed by atoms with Crippen molar-refractivity contribution in [3.8, 4) is 0 Å². The highest BCUT2D eigenvalue weighted by molar-refractivity contribution is 5.99. The van der Waals surface area contributed by atoms with Crippen LogP contribution in [0.5, 0.6) is 0 Å². The van der Waals surface area contributed by atoms with E-state index >= 15 is 0 Å². The largest absolute Gasteiger partial charge is 0.478 e. The molecule has 0 bridgehead atoms. The third-order valence-electron chi connectivity index (χ3n) is 3.17. The molecule has 0 radical (unpaired) electrons. The number of carboxylic acid groups (broad SMARTS) is 1. The topological polar surface area (TPSA) is 84.9 Å². The summed E-state index contributed by atoms with van der Waals surface area (Å²) in [6, 6.07) is 5.88. The summed E-state index contributed by atoms with van der Waals surface area (Å²) in [4.78, 5) is 25.1. The molecule has 3 N–H and O–H groups in total. The van der Waals surface area contributed by atoms with Gasteiger partial charge in [-0.1, -0.05) is 12.1 Å². The summed E-state index contributed by atoms with van der Waals surface area (Å²) in [6.07, 6.45) is 0. The number of hydrogen-bond acceptors (Lipinski definition) is 4. The van der Waals surface area contributed by atoms with Gasteiger partial charge in [-0.2, -0.15) is 0 Å². The number of benzene rings is 1. The second kappa shape index (κ2) is 6.36. The van der Waals surface area contributed by atoms with Crippen LogP contribution in [0.3, 0.4) is 0 Å². The van der Waals surface area contributed by atoms with Crippen molar-refractivity contribution in [3.63, 3.8) is 0 Å². The van der Waals surface area contributed by atoms with Gasteiger partial charge in [-0.3, -0.25) is 5.43 Å². The Morgan fingerprint density at radius 1 is 1.15 bits per heavy atom. The minimum Gasteiger partial charge on any atom is -0.478 e. The zero-order valence-electron chi connectivity index (χ0n) is 11.3. The zero-order valence-corrected chi connectivity index (χ0v) is 11.3. The smallest absolute Gasteiger partial charge is 0.337 e. The van der Waals surface area contributed by atoms with Gasteiger partial charge in [0.2, 0.25) is 0 Å². The number of carboxylic acids is 1. The van der Waals surface area contributed by atoms with E-state index < -0.39 is 12.0 Å². The Morgan fingerprint density at radius 3 is 2.45 bits per heavy atom. The van der Waals surface area contributed by atoms with Gasteiger partial charge in [-0.15, -0.1) is 0 Å². The molecule has 0 atom stereocenters. The first-order chi connectivity index (χ1) is 9.56. The molecular weight excluding hydrogens is 260 g/mol. The highest BCUT2D eigenvalue weighted by Gasteiger charge is 2.17. The van der Waals surface area contributed by atoms with Crippen LogP contribution >= 0.6 is 0 Å². The van der Waals surface area contributed by atoms with Crippen molar-refractivity contribution in [2.75, 3.05) is 38.5 Å². The van der Waals surface area contributed by atoms with Crippen LogP contribution in [0.15, 0.2) is 24.3 Å². The van der Waals surface area contributed by atoms with E-state index in [0.29, 0.717) is 0 Å². The van der Waals surface area contributed by atoms with Crippen molar-refractivity contribution in [3.05, 3.63) is 29.8 Å². The van der Waals surface area contributed by atoms with Crippen LogP contribution in [0.25, 0.3) is 0 Å². The quantitative estimate of drug-likeness (QED) is 0.756. The zero-order chi connectivity index (χ0) is 14.5. The maximum Gasteiger partial charge on any atom is 0.337 e. The molecule has 0 aromatic heterocycles. The number of piperazine rings is 1. The van der Waals surface area contributed by atoms with Gasteiger partial charge < -0.3 is 15.3 Å². The predicted molar refractivity (Wildman–Crippen MR) is 74.6 cm³/mol. The maximum absolute atomic E-state index is 11.9. The lowest BCUT2D eigenvalue weighted by molar-refractivity contribution is 0.0698. The highest BCUT2D eigenvalue weighted by Crippen LogP contribution is 2.14. The van der Waals surface area contributed by atoms with Crippen LogP contribution in [-0.2, 0) is 0 Å². The summed E-state index contributed by atoms with van der Waals surface area (Å²) in [5, 5.41) is 13.4. The molecule has 2 rings (SSSR count). The molecule has 0 unspecified atom stereocenters. The lowest BCUT2D eigenvalue weighted by Gasteiger charge is -2.32. The van der Waals surface area contributed by atoms with Gasteiger partial charge in [-0.25, -0.2) is 14.6 Å². The molecule has 1 heterocycles. The first-order valence-electron chi connectivity index (χ1n) is 6.39. The molecule has 1 fully saturated rings. The normalized spacial score (nSPS) is 16.6. The number of para-hydroxylation sites is 1. The Morgan fingerprint density at radius 2 is 1.80 bits per heavy atom. The average molecular weight is 278 g/mol. The van der Waals surface area contributed by atoms with Crippen LogP contribution in [0.2, 0.25) is 0 Å². The predicted octanol–water partition coefficient (Wildman–Crippen LogP) is 0.669. The van der Waals surface area contributed by atoms with Gasteiger partial charge in [0.15, 0.2) is 0 Å². The van der Waals surface area contributed by atoms with Gasteiger partial charge >= 0.3 is 12.0 Å².